The molecule has 1 aromatic rings. The zero-order valence-corrected chi connectivity index (χ0v) is 9.65. The summed E-state index contributed by atoms with van der Waals surface area (Å²) in [6.07, 6.45) is 7.35. The molecule has 0 N–H and O–H groups in total. The maximum absolute atomic E-state index is 11.7. The predicted molar refractivity (Wildman–Crippen MR) is 62.6 cm³/mol. The highest BCUT2D eigenvalue weighted by Gasteiger charge is 2.13. The molecule has 0 bridgehead atoms. The summed E-state index contributed by atoms with van der Waals surface area (Å²) in [7, 11) is 0. The molecule has 1 aromatic heterocycles. The van der Waals surface area contributed by atoms with Gasteiger partial charge in [-0.05, 0) is 38.1 Å². The normalized spacial score (nSPS) is 18.2. The van der Waals surface area contributed by atoms with Gasteiger partial charge in [0.15, 0.2) is 11.5 Å². The number of likely N-dealkylation sites (tertiary alicyclic amines) is 1. The van der Waals surface area contributed by atoms with Crippen molar-refractivity contribution in [2.45, 2.75) is 32.1 Å². The molecule has 16 heavy (non-hydrogen) atoms. The molecule has 0 saturated carbocycles. The van der Waals surface area contributed by atoms with Crippen LogP contribution in [-0.2, 0) is 0 Å². The van der Waals surface area contributed by atoms with Crippen LogP contribution in [0.3, 0.4) is 0 Å². The number of ketones is 1. The molecular weight excluding hydrogens is 202 g/mol. The topological polar surface area (TPSA) is 33.5 Å². The van der Waals surface area contributed by atoms with Gasteiger partial charge in [-0.3, -0.25) is 4.79 Å². The molecule has 3 heteroatoms. The molecule has 0 unspecified atom stereocenters. The van der Waals surface area contributed by atoms with Crippen LogP contribution in [-0.4, -0.2) is 30.3 Å². The average Bonchev–Trinajstić information content (AvgIpc) is 2.71. The molecule has 1 aliphatic rings. The number of carbonyl (C=O) groups is 1. The Labute approximate surface area is 96.4 Å². The molecule has 2 heterocycles. The van der Waals surface area contributed by atoms with Gasteiger partial charge in [0.05, 0.1) is 6.26 Å². The molecule has 0 aromatic carbocycles. The largest absolute Gasteiger partial charge is 0.461 e. The first-order valence-corrected chi connectivity index (χ1v) is 6.15. The Hall–Kier alpha value is -1.09. The number of Topliss-reactive ketones (excluding diaryl/α,β-unsaturated/α-hetero) is 1. The maximum Gasteiger partial charge on any atom is 0.199 e. The fourth-order valence-electron chi connectivity index (χ4n) is 2.18. The highest BCUT2D eigenvalue weighted by molar-refractivity contribution is 5.93. The summed E-state index contributed by atoms with van der Waals surface area (Å²) >= 11 is 0. The average molecular weight is 221 g/mol. The lowest BCUT2D eigenvalue weighted by molar-refractivity contribution is 0.0938. The molecule has 3 nitrogen and oxygen atoms in total. The second-order valence-corrected chi connectivity index (χ2v) is 4.41. The third-order valence-electron chi connectivity index (χ3n) is 3.15. The predicted octanol–water partition coefficient (Wildman–Crippen LogP) is 2.73. The number of furan rings is 1. The number of nitrogens with zero attached hydrogens (tertiary/aromatic N) is 1. The van der Waals surface area contributed by atoms with Crippen molar-refractivity contribution in [2.24, 2.45) is 0 Å². The van der Waals surface area contributed by atoms with Crippen molar-refractivity contribution in [1.82, 2.24) is 4.90 Å². The Bertz CT molecular complexity index is 311. The first-order chi connectivity index (χ1) is 7.86. The van der Waals surface area contributed by atoms with Crippen LogP contribution in [0, 0.1) is 0 Å². The van der Waals surface area contributed by atoms with E-state index in [0.717, 1.165) is 19.6 Å². The van der Waals surface area contributed by atoms with Gasteiger partial charge in [0.1, 0.15) is 0 Å². The van der Waals surface area contributed by atoms with Gasteiger partial charge >= 0.3 is 0 Å². The molecule has 0 amide bonds. The molecule has 1 saturated heterocycles. The van der Waals surface area contributed by atoms with E-state index >= 15 is 0 Å². The van der Waals surface area contributed by atoms with Crippen LogP contribution in [0.5, 0.6) is 0 Å². The van der Waals surface area contributed by atoms with Gasteiger partial charge < -0.3 is 9.32 Å². The lowest BCUT2D eigenvalue weighted by Gasteiger charge is -2.18. The Morgan fingerprint density at radius 3 is 2.62 bits per heavy atom. The first kappa shape index (κ1) is 11.4. The minimum absolute atomic E-state index is 0.120. The van der Waals surface area contributed by atoms with Gasteiger partial charge in [-0.2, -0.15) is 0 Å². The number of carbonyl (C=O) groups excluding carboxylic acids is 1. The maximum atomic E-state index is 11.7. The van der Waals surface area contributed by atoms with Gasteiger partial charge in [0.2, 0.25) is 0 Å². The molecule has 0 radical (unpaired) electrons. The van der Waals surface area contributed by atoms with Gasteiger partial charge in [-0.25, -0.2) is 0 Å². The molecule has 1 aliphatic heterocycles. The monoisotopic (exact) mass is 221 g/mol. The third-order valence-corrected chi connectivity index (χ3v) is 3.15. The van der Waals surface area contributed by atoms with Crippen LogP contribution >= 0.6 is 0 Å². The zero-order valence-electron chi connectivity index (χ0n) is 9.65. The van der Waals surface area contributed by atoms with Crippen molar-refractivity contribution < 1.29 is 9.21 Å². The van der Waals surface area contributed by atoms with E-state index in [1.54, 1.807) is 18.4 Å². The van der Waals surface area contributed by atoms with Crippen LogP contribution in [0.2, 0.25) is 0 Å². The van der Waals surface area contributed by atoms with Gasteiger partial charge in [-0.1, -0.05) is 12.8 Å². The Balaban J connectivity index is 1.76. The second kappa shape index (κ2) is 5.85. The zero-order chi connectivity index (χ0) is 11.2. The molecular formula is C13H19NO2. The van der Waals surface area contributed by atoms with E-state index in [2.05, 4.69) is 4.90 Å². The second-order valence-electron chi connectivity index (χ2n) is 4.41. The highest BCUT2D eigenvalue weighted by atomic mass is 16.3. The van der Waals surface area contributed by atoms with Crippen molar-refractivity contribution in [1.29, 1.82) is 0 Å². The first-order valence-electron chi connectivity index (χ1n) is 6.15. The quantitative estimate of drug-likeness (QED) is 0.733. The minimum atomic E-state index is 0.120. The van der Waals surface area contributed by atoms with Crippen LogP contribution in [0.25, 0.3) is 0 Å². The molecule has 2 rings (SSSR count). The number of rotatable bonds is 4. The third kappa shape index (κ3) is 3.20. The van der Waals surface area contributed by atoms with E-state index in [9.17, 15) is 4.79 Å². The molecule has 0 aliphatic carbocycles. The van der Waals surface area contributed by atoms with Crippen molar-refractivity contribution in [3.8, 4) is 0 Å². The summed E-state index contributed by atoms with van der Waals surface area (Å²) in [4.78, 5) is 14.1. The molecule has 1 fully saturated rings. The Morgan fingerprint density at radius 1 is 1.25 bits per heavy atom. The van der Waals surface area contributed by atoms with E-state index in [4.69, 9.17) is 4.42 Å². The van der Waals surface area contributed by atoms with E-state index < -0.39 is 0 Å². The summed E-state index contributed by atoms with van der Waals surface area (Å²) < 4.78 is 5.09. The van der Waals surface area contributed by atoms with Gasteiger partial charge in [-0.15, -0.1) is 0 Å². The summed E-state index contributed by atoms with van der Waals surface area (Å²) in [6.45, 7) is 3.16. The molecule has 0 atom stereocenters. The van der Waals surface area contributed by atoms with E-state index in [0.29, 0.717) is 12.2 Å². The number of hydrogen-bond acceptors (Lipinski definition) is 3. The van der Waals surface area contributed by atoms with Crippen molar-refractivity contribution in [2.75, 3.05) is 19.6 Å². The molecule has 0 spiro atoms. The summed E-state index contributed by atoms with van der Waals surface area (Å²) in [5.41, 5.74) is 0. The standard InChI is InChI=1S/C13H19NO2/c15-12(13-6-5-11-16-13)7-10-14-8-3-1-2-4-9-14/h5-6,11H,1-4,7-10H2. The Kier molecular flexibility index (Phi) is 4.17. The lowest BCUT2D eigenvalue weighted by Crippen LogP contribution is -2.27. The SMILES string of the molecule is O=C(CCN1CCCCCC1)c1ccco1. The fourth-order valence-corrected chi connectivity index (χ4v) is 2.18. The lowest BCUT2D eigenvalue weighted by atomic mass is 10.2. The van der Waals surface area contributed by atoms with Crippen LogP contribution < -0.4 is 0 Å². The fraction of sp³-hybridized carbons (Fsp3) is 0.615. The van der Waals surface area contributed by atoms with Crippen molar-refractivity contribution in [3.63, 3.8) is 0 Å². The summed E-state index contributed by atoms with van der Waals surface area (Å²) in [5.74, 6) is 0.615. The van der Waals surface area contributed by atoms with Gasteiger partial charge in [0.25, 0.3) is 0 Å². The van der Waals surface area contributed by atoms with Gasteiger partial charge in [0, 0.05) is 13.0 Å². The van der Waals surface area contributed by atoms with E-state index in [1.807, 2.05) is 0 Å². The summed E-state index contributed by atoms with van der Waals surface area (Å²) in [5, 5.41) is 0. The number of hydrogen-bond donors (Lipinski definition) is 0. The van der Waals surface area contributed by atoms with Crippen molar-refractivity contribution >= 4 is 5.78 Å². The van der Waals surface area contributed by atoms with Crippen LogP contribution in [0.1, 0.15) is 42.7 Å². The van der Waals surface area contributed by atoms with Crippen molar-refractivity contribution in [3.05, 3.63) is 24.2 Å². The Morgan fingerprint density at radius 2 is 2.00 bits per heavy atom. The van der Waals surface area contributed by atoms with E-state index in [-0.39, 0.29) is 5.78 Å². The summed E-state index contributed by atoms with van der Waals surface area (Å²) in [6, 6.07) is 3.50. The molecule has 88 valence electrons. The van der Waals surface area contributed by atoms with E-state index in [1.165, 1.54) is 25.7 Å². The van der Waals surface area contributed by atoms with Crippen LogP contribution in [0.15, 0.2) is 22.8 Å². The van der Waals surface area contributed by atoms with Crippen LogP contribution in [0.4, 0.5) is 0 Å². The smallest absolute Gasteiger partial charge is 0.199 e. The highest BCUT2D eigenvalue weighted by Crippen LogP contribution is 2.11. The minimum Gasteiger partial charge on any atom is -0.461 e.